The van der Waals surface area contributed by atoms with E-state index in [4.69, 9.17) is 10.5 Å². The van der Waals surface area contributed by atoms with Gasteiger partial charge >= 0.3 is 0 Å². The largest absolute Gasteiger partial charge is 0.398 e. The van der Waals surface area contributed by atoms with Crippen molar-refractivity contribution in [3.63, 3.8) is 0 Å². The molecule has 1 heterocycles. The van der Waals surface area contributed by atoms with E-state index >= 15 is 0 Å². The molecule has 1 saturated carbocycles. The number of hydrogen-bond donors (Lipinski definition) is 2. The summed E-state index contributed by atoms with van der Waals surface area (Å²) in [5, 5.41) is 10.2. The van der Waals surface area contributed by atoms with Gasteiger partial charge in [-0.25, -0.2) is 0 Å². The standard InChI is InChI=1S/C17H24N2O3.ClH/c1-2-22-15-11-14(20)17(15)7-9-19(10-8-17)16(21)12-5-3-4-6-13(12)18;/h3-6,14-15,20H,2,7-11,18H2,1H3;1H. The molecule has 1 aliphatic heterocycles. The van der Waals surface area contributed by atoms with Crippen molar-refractivity contribution in [1.29, 1.82) is 0 Å². The lowest BCUT2D eigenvalue weighted by atomic mass is 9.58. The van der Waals surface area contributed by atoms with Crippen molar-refractivity contribution in [2.75, 3.05) is 25.4 Å². The third-order valence-corrected chi connectivity index (χ3v) is 5.28. The molecule has 1 aliphatic carbocycles. The molecule has 5 nitrogen and oxygen atoms in total. The maximum absolute atomic E-state index is 12.6. The highest BCUT2D eigenvalue weighted by Gasteiger charge is 2.56. The number of amides is 1. The number of para-hydroxylation sites is 1. The molecule has 1 aromatic carbocycles. The molecule has 1 aromatic rings. The van der Waals surface area contributed by atoms with Gasteiger partial charge in [0.1, 0.15) is 0 Å². The van der Waals surface area contributed by atoms with E-state index in [1.165, 1.54) is 0 Å². The van der Waals surface area contributed by atoms with Crippen LogP contribution in [0, 0.1) is 5.41 Å². The number of hydrogen-bond acceptors (Lipinski definition) is 4. The minimum absolute atomic E-state index is 0. The van der Waals surface area contributed by atoms with Gasteiger partial charge in [0.25, 0.3) is 5.91 Å². The average molecular weight is 341 g/mol. The van der Waals surface area contributed by atoms with Gasteiger partial charge in [-0.1, -0.05) is 12.1 Å². The highest BCUT2D eigenvalue weighted by Crippen LogP contribution is 2.51. The Bertz CT molecular complexity index is 557. The van der Waals surface area contributed by atoms with Crippen LogP contribution < -0.4 is 5.73 Å². The van der Waals surface area contributed by atoms with Crippen LogP contribution in [0.25, 0.3) is 0 Å². The van der Waals surface area contributed by atoms with Crippen molar-refractivity contribution in [3.05, 3.63) is 29.8 Å². The lowest BCUT2D eigenvalue weighted by molar-refractivity contribution is -0.207. The van der Waals surface area contributed by atoms with E-state index < -0.39 is 0 Å². The molecule has 1 saturated heterocycles. The van der Waals surface area contributed by atoms with Crippen LogP contribution in [0.15, 0.2) is 24.3 Å². The van der Waals surface area contributed by atoms with Gasteiger partial charge in [-0.2, -0.15) is 0 Å². The van der Waals surface area contributed by atoms with Gasteiger partial charge in [0.15, 0.2) is 0 Å². The molecule has 128 valence electrons. The summed E-state index contributed by atoms with van der Waals surface area (Å²) in [4.78, 5) is 14.4. The summed E-state index contributed by atoms with van der Waals surface area (Å²) < 4.78 is 5.76. The van der Waals surface area contributed by atoms with Gasteiger partial charge in [-0.3, -0.25) is 4.79 Å². The van der Waals surface area contributed by atoms with Crippen LogP contribution in [0.4, 0.5) is 5.69 Å². The van der Waals surface area contributed by atoms with Crippen molar-refractivity contribution in [1.82, 2.24) is 4.90 Å². The molecule has 3 N–H and O–H groups in total. The zero-order valence-corrected chi connectivity index (χ0v) is 14.2. The second kappa shape index (κ2) is 7.07. The number of anilines is 1. The highest BCUT2D eigenvalue weighted by atomic mass is 35.5. The van der Waals surface area contributed by atoms with Crippen LogP contribution in [0.1, 0.15) is 36.5 Å². The van der Waals surface area contributed by atoms with Crippen molar-refractivity contribution >= 4 is 24.0 Å². The first-order valence-electron chi connectivity index (χ1n) is 8.02. The van der Waals surface area contributed by atoms with Gasteiger partial charge in [-0.05, 0) is 31.9 Å². The van der Waals surface area contributed by atoms with Crippen LogP contribution in [0.5, 0.6) is 0 Å². The normalized spacial score (nSPS) is 25.6. The molecule has 1 spiro atoms. The summed E-state index contributed by atoms with van der Waals surface area (Å²) in [6, 6.07) is 7.17. The van der Waals surface area contributed by atoms with E-state index in [-0.39, 0.29) is 35.9 Å². The van der Waals surface area contributed by atoms with E-state index in [1.807, 2.05) is 24.0 Å². The van der Waals surface area contributed by atoms with Crippen LogP contribution in [-0.4, -0.2) is 47.8 Å². The van der Waals surface area contributed by atoms with Crippen molar-refractivity contribution in [3.8, 4) is 0 Å². The van der Waals surface area contributed by atoms with Crippen LogP contribution in [0.2, 0.25) is 0 Å². The fraction of sp³-hybridized carbons (Fsp3) is 0.588. The number of carbonyl (C=O) groups is 1. The Kier molecular flexibility index (Phi) is 5.55. The topological polar surface area (TPSA) is 75.8 Å². The summed E-state index contributed by atoms with van der Waals surface area (Å²) in [6.45, 7) is 3.94. The van der Waals surface area contributed by atoms with Crippen LogP contribution >= 0.6 is 12.4 Å². The zero-order valence-electron chi connectivity index (χ0n) is 13.4. The first-order chi connectivity index (χ1) is 10.6. The number of benzene rings is 1. The Labute approximate surface area is 143 Å². The number of nitrogen functional groups attached to an aromatic ring is 1. The molecule has 0 aromatic heterocycles. The molecule has 2 aliphatic rings. The smallest absolute Gasteiger partial charge is 0.255 e. The third-order valence-electron chi connectivity index (χ3n) is 5.28. The molecular weight excluding hydrogens is 316 g/mol. The molecular formula is C17H25ClN2O3. The minimum atomic E-state index is -0.303. The Morgan fingerprint density at radius 3 is 2.61 bits per heavy atom. The van der Waals surface area contributed by atoms with Crippen LogP contribution in [-0.2, 0) is 4.74 Å². The summed E-state index contributed by atoms with van der Waals surface area (Å²) in [6.07, 6.45) is 2.12. The number of piperidine rings is 1. The van der Waals surface area contributed by atoms with E-state index in [9.17, 15) is 9.90 Å². The number of likely N-dealkylation sites (tertiary alicyclic amines) is 1. The number of halogens is 1. The summed E-state index contributed by atoms with van der Waals surface area (Å²) in [5.74, 6) is -0.0188. The number of aliphatic hydroxyl groups is 1. The minimum Gasteiger partial charge on any atom is -0.398 e. The lowest BCUT2D eigenvalue weighted by Gasteiger charge is -2.56. The van der Waals surface area contributed by atoms with E-state index in [1.54, 1.807) is 12.1 Å². The molecule has 23 heavy (non-hydrogen) atoms. The first kappa shape index (κ1) is 18.0. The van der Waals surface area contributed by atoms with Gasteiger partial charge < -0.3 is 20.5 Å². The van der Waals surface area contributed by atoms with E-state index in [0.29, 0.717) is 37.4 Å². The monoisotopic (exact) mass is 340 g/mol. The molecule has 3 rings (SSSR count). The lowest BCUT2D eigenvalue weighted by Crippen LogP contribution is -2.62. The maximum Gasteiger partial charge on any atom is 0.255 e. The molecule has 6 heteroatoms. The number of nitrogens with zero attached hydrogens (tertiary/aromatic N) is 1. The molecule has 1 amide bonds. The maximum atomic E-state index is 12.6. The quantitative estimate of drug-likeness (QED) is 0.826. The van der Waals surface area contributed by atoms with Gasteiger partial charge in [0, 0.05) is 37.2 Å². The second-order valence-electron chi connectivity index (χ2n) is 6.31. The number of nitrogens with two attached hydrogens (primary N) is 1. The molecule has 0 bridgehead atoms. The zero-order chi connectivity index (χ0) is 15.7. The van der Waals surface area contributed by atoms with Gasteiger partial charge in [0.2, 0.25) is 0 Å². The fourth-order valence-corrected chi connectivity index (χ4v) is 3.80. The first-order valence-corrected chi connectivity index (χ1v) is 8.02. The number of rotatable bonds is 3. The Morgan fingerprint density at radius 1 is 1.39 bits per heavy atom. The number of ether oxygens (including phenoxy) is 1. The second-order valence-corrected chi connectivity index (χ2v) is 6.31. The molecule has 0 radical (unpaired) electrons. The van der Waals surface area contributed by atoms with E-state index in [0.717, 1.165) is 12.8 Å². The highest BCUT2D eigenvalue weighted by molar-refractivity contribution is 5.99. The predicted octanol–water partition coefficient (Wildman–Crippen LogP) is 2.08. The Hall–Kier alpha value is -1.30. The molecule has 2 atom stereocenters. The predicted molar refractivity (Wildman–Crippen MR) is 91.7 cm³/mol. The Balaban J connectivity index is 0.00000192. The summed E-state index contributed by atoms with van der Waals surface area (Å²) >= 11 is 0. The van der Waals surface area contributed by atoms with Gasteiger partial charge in [0.05, 0.1) is 17.8 Å². The molecule has 2 unspecified atom stereocenters. The number of aliphatic hydroxyl groups excluding tert-OH is 1. The summed E-state index contributed by atoms with van der Waals surface area (Å²) in [7, 11) is 0. The summed E-state index contributed by atoms with van der Waals surface area (Å²) in [5.41, 5.74) is 6.82. The van der Waals surface area contributed by atoms with E-state index in [2.05, 4.69) is 0 Å². The fourth-order valence-electron chi connectivity index (χ4n) is 3.80. The van der Waals surface area contributed by atoms with Crippen molar-refractivity contribution in [2.45, 2.75) is 38.4 Å². The molecule has 2 fully saturated rings. The van der Waals surface area contributed by atoms with Gasteiger partial charge in [-0.15, -0.1) is 12.4 Å². The SMILES string of the molecule is CCOC1CC(O)C12CCN(C(=O)c1ccccc1N)CC2.Cl. The van der Waals surface area contributed by atoms with Crippen molar-refractivity contribution < 1.29 is 14.6 Å². The van der Waals surface area contributed by atoms with Crippen LogP contribution in [0.3, 0.4) is 0 Å². The Morgan fingerprint density at radius 2 is 2.04 bits per heavy atom. The number of carbonyl (C=O) groups excluding carboxylic acids is 1. The third kappa shape index (κ3) is 3.05. The van der Waals surface area contributed by atoms with Crippen molar-refractivity contribution in [2.24, 2.45) is 5.41 Å². The average Bonchev–Trinajstić information content (AvgIpc) is 2.55.